The van der Waals surface area contributed by atoms with E-state index < -0.39 is 18.5 Å². The van der Waals surface area contributed by atoms with Crippen molar-refractivity contribution in [3.05, 3.63) is 58.6 Å². The number of ether oxygens (including phenoxy) is 1. The van der Waals surface area contributed by atoms with E-state index in [9.17, 15) is 14.4 Å². The molecule has 0 unspecified atom stereocenters. The minimum absolute atomic E-state index is 0.00426. The summed E-state index contributed by atoms with van der Waals surface area (Å²) in [5.74, 6) is -1.35. The molecule has 0 fully saturated rings. The van der Waals surface area contributed by atoms with Crippen LogP contribution in [-0.4, -0.2) is 30.5 Å². The standard InChI is InChI=1S/C20H17ClN2O4S/c1-28-16-6-3-13(4-7-16)18(24)8-9-20(26)27-12-19(25)23-15-5-2-14(11-22)17(21)10-15/h2-7,10H,8-9,12H2,1H3,(H,23,25). The van der Waals surface area contributed by atoms with Crippen molar-refractivity contribution in [3.8, 4) is 6.07 Å². The summed E-state index contributed by atoms with van der Waals surface area (Å²) >= 11 is 7.46. The molecule has 0 radical (unpaired) electrons. The van der Waals surface area contributed by atoms with Gasteiger partial charge in [-0.15, -0.1) is 11.8 Å². The van der Waals surface area contributed by atoms with Gasteiger partial charge in [-0.25, -0.2) is 0 Å². The maximum absolute atomic E-state index is 12.1. The number of carbonyl (C=O) groups is 3. The second-order valence-corrected chi connectivity index (χ2v) is 6.95. The third-order valence-electron chi connectivity index (χ3n) is 3.71. The van der Waals surface area contributed by atoms with Crippen molar-refractivity contribution in [1.29, 1.82) is 5.26 Å². The molecular formula is C20H17ClN2O4S. The molecular weight excluding hydrogens is 400 g/mol. The van der Waals surface area contributed by atoms with Crippen LogP contribution in [0.5, 0.6) is 0 Å². The zero-order valence-corrected chi connectivity index (χ0v) is 16.6. The summed E-state index contributed by atoms with van der Waals surface area (Å²) in [6.07, 6.45) is 1.84. The van der Waals surface area contributed by atoms with Crippen molar-refractivity contribution < 1.29 is 19.1 Å². The molecule has 0 bridgehead atoms. The van der Waals surface area contributed by atoms with E-state index in [1.807, 2.05) is 24.5 Å². The van der Waals surface area contributed by atoms with Crippen molar-refractivity contribution in [1.82, 2.24) is 0 Å². The Hall–Kier alpha value is -2.82. The first-order chi connectivity index (χ1) is 13.4. The van der Waals surface area contributed by atoms with E-state index in [0.29, 0.717) is 16.8 Å². The number of halogens is 1. The highest BCUT2D eigenvalue weighted by Gasteiger charge is 2.12. The predicted octanol–water partition coefficient (Wildman–Crippen LogP) is 4.08. The van der Waals surface area contributed by atoms with E-state index in [1.165, 1.54) is 18.2 Å². The third-order valence-corrected chi connectivity index (χ3v) is 4.76. The molecule has 8 heteroatoms. The summed E-state index contributed by atoms with van der Waals surface area (Å²) in [7, 11) is 0. The van der Waals surface area contributed by atoms with Crippen LogP contribution in [0.4, 0.5) is 5.69 Å². The zero-order chi connectivity index (χ0) is 20.5. The monoisotopic (exact) mass is 416 g/mol. The Morgan fingerprint density at radius 3 is 2.46 bits per heavy atom. The molecule has 0 saturated carbocycles. The van der Waals surface area contributed by atoms with Gasteiger partial charge in [-0.2, -0.15) is 5.26 Å². The molecule has 0 aromatic heterocycles. The number of ketones is 1. The number of esters is 1. The highest BCUT2D eigenvalue weighted by molar-refractivity contribution is 7.98. The van der Waals surface area contributed by atoms with E-state index >= 15 is 0 Å². The van der Waals surface area contributed by atoms with Crippen molar-refractivity contribution in [2.45, 2.75) is 17.7 Å². The number of hydrogen-bond donors (Lipinski definition) is 1. The lowest BCUT2D eigenvalue weighted by molar-refractivity contribution is -0.147. The molecule has 144 valence electrons. The number of anilines is 1. The SMILES string of the molecule is CSc1ccc(C(=O)CCC(=O)OCC(=O)Nc2ccc(C#N)c(Cl)c2)cc1. The van der Waals surface area contributed by atoms with Crippen LogP contribution >= 0.6 is 23.4 Å². The van der Waals surface area contributed by atoms with E-state index in [4.69, 9.17) is 21.6 Å². The van der Waals surface area contributed by atoms with Gasteiger partial charge in [-0.05, 0) is 36.6 Å². The van der Waals surface area contributed by atoms with Crippen molar-refractivity contribution in [2.24, 2.45) is 0 Å². The van der Waals surface area contributed by atoms with Crippen LogP contribution in [0, 0.1) is 11.3 Å². The lowest BCUT2D eigenvalue weighted by atomic mass is 10.1. The average Bonchev–Trinajstić information content (AvgIpc) is 2.70. The van der Waals surface area contributed by atoms with E-state index in [2.05, 4.69) is 5.32 Å². The second-order valence-electron chi connectivity index (χ2n) is 5.67. The van der Waals surface area contributed by atoms with Crippen LogP contribution in [0.15, 0.2) is 47.4 Å². The summed E-state index contributed by atoms with van der Waals surface area (Å²) in [6.45, 7) is -0.479. The van der Waals surface area contributed by atoms with Gasteiger partial charge in [-0.1, -0.05) is 23.7 Å². The number of nitriles is 1. The van der Waals surface area contributed by atoms with Gasteiger partial charge in [0.1, 0.15) is 6.07 Å². The van der Waals surface area contributed by atoms with E-state index in [-0.39, 0.29) is 23.6 Å². The van der Waals surface area contributed by atoms with Crippen LogP contribution in [0.2, 0.25) is 5.02 Å². The fraction of sp³-hybridized carbons (Fsp3) is 0.200. The first kappa shape index (κ1) is 21.5. The van der Waals surface area contributed by atoms with Gasteiger partial charge in [0.25, 0.3) is 5.91 Å². The molecule has 0 aliphatic heterocycles. The number of nitrogens with zero attached hydrogens (tertiary/aromatic N) is 1. The molecule has 1 amide bonds. The molecule has 0 aliphatic rings. The van der Waals surface area contributed by atoms with Crippen molar-refractivity contribution in [2.75, 3.05) is 18.2 Å². The summed E-state index contributed by atoms with van der Waals surface area (Å²) in [4.78, 5) is 36.7. The fourth-order valence-corrected chi connectivity index (χ4v) is 2.87. The molecule has 1 N–H and O–H groups in total. The van der Waals surface area contributed by atoms with Crippen molar-refractivity contribution >= 4 is 46.7 Å². The first-order valence-electron chi connectivity index (χ1n) is 8.25. The maximum atomic E-state index is 12.1. The number of hydrogen-bond acceptors (Lipinski definition) is 6. The molecule has 0 saturated heterocycles. The number of rotatable bonds is 8. The largest absolute Gasteiger partial charge is 0.456 e. The highest BCUT2D eigenvalue weighted by Crippen LogP contribution is 2.20. The van der Waals surface area contributed by atoms with Crippen molar-refractivity contribution in [3.63, 3.8) is 0 Å². The Morgan fingerprint density at radius 1 is 1.14 bits per heavy atom. The summed E-state index contributed by atoms with van der Waals surface area (Å²) in [5.41, 5.74) is 1.20. The smallest absolute Gasteiger partial charge is 0.306 e. The minimum Gasteiger partial charge on any atom is -0.456 e. The molecule has 0 spiro atoms. The van der Waals surface area contributed by atoms with Gasteiger partial charge in [0, 0.05) is 22.6 Å². The highest BCUT2D eigenvalue weighted by atomic mass is 35.5. The number of nitrogens with one attached hydrogen (secondary N) is 1. The molecule has 0 aliphatic carbocycles. The summed E-state index contributed by atoms with van der Waals surface area (Å²) < 4.78 is 4.88. The molecule has 0 atom stereocenters. The predicted molar refractivity (Wildman–Crippen MR) is 108 cm³/mol. The van der Waals surface area contributed by atoms with E-state index in [1.54, 1.807) is 23.9 Å². The van der Waals surface area contributed by atoms with Gasteiger partial charge in [0.05, 0.1) is 17.0 Å². The minimum atomic E-state index is -0.637. The first-order valence-corrected chi connectivity index (χ1v) is 9.85. The molecule has 0 heterocycles. The van der Waals surface area contributed by atoms with E-state index in [0.717, 1.165) is 4.90 Å². The Labute approximate surface area is 171 Å². The Morgan fingerprint density at radius 2 is 1.86 bits per heavy atom. The Balaban J connectivity index is 1.75. The average molecular weight is 417 g/mol. The van der Waals surface area contributed by atoms with Crippen LogP contribution < -0.4 is 5.32 Å². The van der Waals surface area contributed by atoms with Gasteiger partial charge in [0.2, 0.25) is 0 Å². The quantitative estimate of drug-likeness (QED) is 0.395. The third kappa shape index (κ3) is 6.41. The lowest BCUT2D eigenvalue weighted by Gasteiger charge is -2.07. The zero-order valence-electron chi connectivity index (χ0n) is 15.0. The van der Waals surface area contributed by atoms with Gasteiger partial charge < -0.3 is 10.1 Å². The number of thioether (sulfide) groups is 1. The molecule has 28 heavy (non-hydrogen) atoms. The fourth-order valence-electron chi connectivity index (χ4n) is 2.24. The molecule has 2 aromatic rings. The number of Topliss-reactive ketones (excluding diaryl/α,β-unsaturated/α-hetero) is 1. The Kier molecular flexibility index (Phi) is 8.05. The van der Waals surface area contributed by atoms with Gasteiger partial charge in [0.15, 0.2) is 12.4 Å². The molecule has 2 rings (SSSR count). The molecule has 2 aromatic carbocycles. The molecule has 6 nitrogen and oxygen atoms in total. The Bertz CT molecular complexity index is 923. The topological polar surface area (TPSA) is 96.3 Å². The van der Waals surface area contributed by atoms with Crippen LogP contribution in [-0.2, 0) is 14.3 Å². The number of amides is 1. The van der Waals surface area contributed by atoms with Crippen LogP contribution in [0.1, 0.15) is 28.8 Å². The normalized spacial score (nSPS) is 10.0. The van der Waals surface area contributed by atoms with Crippen LogP contribution in [0.3, 0.4) is 0 Å². The van der Waals surface area contributed by atoms with Gasteiger partial charge >= 0.3 is 5.97 Å². The number of carbonyl (C=O) groups excluding carboxylic acids is 3. The number of benzene rings is 2. The summed E-state index contributed by atoms with van der Waals surface area (Å²) in [6, 6.07) is 13.5. The summed E-state index contributed by atoms with van der Waals surface area (Å²) in [5, 5.41) is 11.5. The second kappa shape index (κ2) is 10.5. The lowest BCUT2D eigenvalue weighted by Crippen LogP contribution is -2.21. The van der Waals surface area contributed by atoms with Gasteiger partial charge in [-0.3, -0.25) is 14.4 Å². The van der Waals surface area contributed by atoms with Crippen LogP contribution in [0.25, 0.3) is 0 Å². The maximum Gasteiger partial charge on any atom is 0.306 e.